The summed E-state index contributed by atoms with van der Waals surface area (Å²) in [6, 6.07) is 12.4. The number of hydrogen-bond donors (Lipinski definition) is 1. The molecule has 1 aliphatic rings. The highest BCUT2D eigenvalue weighted by Gasteiger charge is 2.39. The van der Waals surface area contributed by atoms with E-state index in [2.05, 4.69) is 10.3 Å². The van der Waals surface area contributed by atoms with Crippen LogP contribution < -0.4 is 10.2 Å². The maximum absolute atomic E-state index is 13.5. The van der Waals surface area contributed by atoms with Crippen LogP contribution in [0.5, 0.6) is 0 Å². The molecule has 0 spiro atoms. The van der Waals surface area contributed by atoms with Gasteiger partial charge in [-0.3, -0.25) is 9.59 Å². The highest BCUT2D eigenvalue weighted by molar-refractivity contribution is 6.04. The topological polar surface area (TPSA) is 67.2 Å². The van der Waals surface area contributed by atoms with Crippen LogP contribution >= 0.6 is 0 Å². The van der Waals surface area contributed by atoms with Gasteiger partial charge in [-0.05, 0) is 31.2 Å². The molecule has 4 rings (SSSR count). The first-order valence-corrected chi connectivity index (χ1v) is 8.99. The Hall–Kier alpha value is -3.36. The van der Waals surface area contributed by atoms with Crippen LogP contribution in [-0.2, 0) is 22.3 Å². The van der Waals surface area contributed by atoms with E-state index in [1.807, 2.05) is 0 Å². The van der Waals surface area contributed by atoms with Gasteiger partial charge in [0.25, 0.3) is 0 Å². The van der Waals surface area contributed by atoms with E-state index in [0.29, 0.717) is 11.4 Å². The Morgan fingerprint density at radius 1 is 1.17 bits per heavy atom. The standard InChI is InChI=1S/C20H17F3N4O2/c1-12-10-17(28)24-14-7-3-5-9-16(14)27(12)18(29)11-26-15-8-4-2-6-13(15)25-19(26)20(21,22)23/h2-9,12H,10-11H2,1H3,(H,24,28)/t12-/m0/s1. The van der Waals surface area contributed by atoms with E-state index < -0.39 is 30.5 Å². The molecule has 0 saturated carbocycles. The Bertz CT molecular complexity index is 1110. The van der Waals surface area contributed by atoms with Crippen molar-refractivity contribution in [1.82, 2.24) is 9.55 Å². The lowest BCUT2D eigenvalue weighted by Crippen LogP contribution is -2.41. The van der Waals surface area contributed by atoms with Crippen LogP contribution in [0.1, 0.15) is 19.2 Å². The predicted molar refractivity (Wildman–Crippen MR) is 101 cm³/mol. The molecule has 1 atom stereocenters. The summed E-state index contributed by atoms with van der Waals surface area (Å²) in [6.07, 6.45) is -4.67. The number of nitrogens with zero attached hydrogens (tertiary/aromatic N) is 3. The number of rotatable bonds is 2. The number of para-hydroxylation sites is 4. The third kappa shape index (κ3) is 3.43. The van der Waals surface area contributed by atoms with Crippen LogP contribution in [0.15, 0.2) is 48.5 Å². The number of anilines is 2. The van der Waals surface area contributed by atoms with Crippen molar-refractivity contribution >= 4 is 34.2 Å². The van der Waals surface area contributed by atoms with Gasteiger partial charge in [0.15, 0.2) is 0 Å². The fourth-order valence-corrected chi connectivity index (χ4v) is 3.63. The van der Waals surface area contributed by atoms with Gasteiger partial charge in [0.2, 0.25) is 17.6 Å². The molecule has 150 valence electrons. The van der Waals surface area contributed by atoms with E-state index in [-0.39, 0.29) is 23.4 Å². The molecule has 2 amide bonds. The first-order chi connectivity index (χ1) is 13.8. The van der Waals surface area contributed by atoms with E-state index in [0.717, 1.165) is 4.57 Å². The zero-order chi connectivity index (χ0) is 20.8. The van der Waals surface area contributed by atoms with Gasteiger partial charge >= 0.3 is 6.18 Å². The fraction of sp³-hybridized carbons (Fsp3) is 0.250. The monoisotopic (exact) mass is 402 g/mol. The lowest BCUT2D eigenvalue weighted by atomic mass is 10.1. The number of aromatic nitrogens is 2. The van der Waals surface area contributed by atoms with E-state index in [9.17, 15) is 22.8 Å². The van der Waals surface area contributed by atoms with Gasteiger partial charge in [-0.15, -0.1) is 0 Å². The highest BCUT2D eigenvalue weighted by atomic mass is 19.4. The summed E-state index contributed by atoms with van der Waals surface area (Å²) < 4.78 is 41.5. The Morgan fingerprint density at radius 3 is 2.62 bits per heavy atom. The number of nitrogens with one attached hydrogen (secondary N) is 1. The number of amides is 2. The van der Waals surface area contributed by atoms with Gasteiger partial charge in [0.05, 0.1) is 22.4 Å². The molecule has 0 aliphatic carbocycles. The summed E-state index contributed by atoms with van der Waals surface area (Å²) >= 11 is 0. The summed E-state index contributed by atoms with van der Waals surface area (Å²) in [4.78, 5) is 30.3. The molecule has 0 saturated heterocycles. The summed E-state index contributed by atoms with van der Waals surface area (Å²) in [6.45, 7) is 1.14. The van der Waals surface area contributed by atoms with Crippen LogP contribution in [0, 0.1) is 0 Å². The van der Waals surface area contributed by atoms with E-state index in [1.165, 1.54) is 17.0 Å². The van der Waals surface area contributed by atoms with E-state index >= 15 is 0 Å². The third-order valence-electron chi connectivity index (χ3n) is 4.83. The minimum atomic E-state index is -4.71. The molecule has 1 aromatic heterocycles. The molecule has 2 heterocycles. The van der Waals surface area contributed by atoms with Crippen molar-refractivity contribution < 1.29 is 22.8 Å². The number of alkyl halides is 3. The second-order valence-corrected chi connectivity index (χ2v) is 6.89. The normalized spacial score (nSPS) is 17.0. The number of benzene rings is 2. The molecule has 9 heteroatoms. The van der Waals surface area contributed by atoms with Crippen molar-refractivity contribution in [1.29, 1.82) is 0 Å². The summed E-state index contributed by atoms with van der Waals surface area (Å²) in [5.74, 6) is -1.95. The number of fused-ring (bicyclic) bond motifs is 2. The minimum Gasteiger partial charge on any atom is -0.324 e. The van der Waals surface area contributed by atoms with Crippen LogP contribution in [0.2, 0.25) is 0 Å². The zero-order valence-corrected chi connectivity index (χ0v) is 15.4. The fourth-order valence-electron chi connectivity index (χ4n) is 3.63. The van der Waals surface area contributed by atoms with Gasteiger partial charge in [-0.1, -0.05) is 24.3 Å². The first kappa shape index (κ1) is 19.0. The Labute approximate surface area is 163 Å². The highest BCUT2D eigenvalue weighted by Crippen LogP contribution is 2.34. The predicted octanol–water partition coefficient (Wildman–Crippen LogP) is 3.82. The van der Waals surface area contributed by atoms with Crippen LogP contribution in [0.4, 0.5) is 24.5 Å². The number of carbonyl (C=O) groups is 2. The van der Waals surface area contributed by atoms with Crippen molar-refractivity contribution in [3.8, 4) is 0 Å². The first-order valence-electron chi connectivity index (χ1n) is 8.99. The number of halogens is 3. The minimum absolute atomic E-state index is 0.0389. The average Bonchev–Trinajstić information content (AvgIpc) is 2.95. The summed E-state index contributed by atoms with van der Waals surface area (Å²) in [7, 11) is 0. The van der Waals surface area contributed by atoms with Crippen LogP contribution in [0.25, 0.3) is 11.0 Å². The second kappa shape index (κ2) is 6.91. The maximum atomic E-state index is 13.5. The van der Waals surface area contributed by atoms with Crippen molar-refractivity contribution in [3.63, 3.8) is 0 Å². The molecule has 0 fully saturated rings. The molecular weight excluding hydrogens is 385 g/mol. The van der Waals surface area contributed by atoms with Gasteiger partial charge in [0.1, 0.15) is 6.54 Å². The molecule has 3 aromatic rings. The van der Waals surface area contributed by atoms with Gasteiger partial charge < -0.3 is 14.8 Å². The molecule has 2 aromatic carbocycles. The van der Waals surface area contributed by atoms with Crippen LogP contribution in [0.3, 0.4) is 0 Å². The molecule has 0 radical (unpaired) electrons. The Balaban J connectivity index is 1.78. The molecule has 0 unspecified atom stereocenters. The SMILES string of the molecule is C[C@H]1CC(=O)Nc2ccccc2N1C(=O)Cn1c(C(F)(F)F)nc2ccccc21. The Kier molecular flexibility index (Phi) is 4.52. The Morgan fingerprint density at radius 2 is 1.86 bits per heavy atom. The van der Waals surface area contributed by atoms with E-state index in [4.69, 9.17) is 0 Å². The average molecular weight is 402 g/mol. The number of carbonyl (C=O) groups excluding carboxylic acids is 2. The molecule has 29 heavy (non-hydrogen) atoms. The number of imidazole rings is 1. The molecule has 1 aliphatic heterocycles. The van der Waals surface area contributed by atoms with Crippen molar-refractivity contribution in [3.05, 3.63) is 54.4 Å². The number of hydrogen-bond acceptors (Lipinski definition) is 3. The quantitative estimate of drug-likeness (QED) is 0.709. The van der Waals surface area contributed by atoms with Gasteiger partial charge in [-0.2, -0.15) is 13.2 Å². The second-order valence-electron chi connectivity index (χ2n) is 6.89. The largest absolute Gasteiger partial charge is 0.449 e. The van der Waals surface area contributed by atoms with Crippen molar-refractivity contribution in [2.75, 3.05) is 10.2 Å². The molecular formula is C20H17F3N4O2. The smallest absolute Gasteiger partial charge is 0.324 e. The van der Waals surface area contributed by atoms with Gasteiger partial charge in [0, 0.05) is 12.5 Å². The molecule has 6 nitrogen and oxygen atoms in total. The molecule has 1 N–H and O–H groups in total. The third-order valence-corrected chi connectivity index (χ3v) is 4.83. The van der Waals surface area contributed by atoms with Crippen LogP contribution in [-0.4, -0.2) is 27.4 Å². The van der Waals surface area contributed by atoms with Gasteiger partial charge in [-0.25, -0.2) is 4.98 Å². The van der Waals surface area contributed by atoms with Crippen molar-refractivity contribution in [2.45, 2.75) is 32.1 Å². The van der Waals surface area contributed by atoms with Crippen molar-refractivity contribution in [2.24, 2.45) is 0 Å². The summed E-state index contributed by atoms with van der Waals surface area (Å²) in [5, 5.41) is 2.73. The summed E-state index contributed by atoms with van der Waals surface area (Å²) in [5.41, 5.74) is 1.28. The lowest BCUT2D eigenvalue weighted by Gasteiger charge is -2.28. The lowest BCUT2D eigenvalue weighted by molar-refractivity contribution is -0.147. The zero-order valence-electron chi connectivity index (χ0n) is 15.4. The molecule has 0 bridgehead atoms. The van der Waals surface area contributed by atoms with E-state index in [1.54, 1.807) is 43.3 Å². The maximum Gasteiger partial charge on any atom is 0.449 e.